The van der Waals surface area contributed by atoms with Crippen molar-refractivity contribution in [2.24, 2.45) is 13.0 Å². The lowest BCUT2D eigenvalue weighted by Crippen LogP contribution is -2.54. The van der Waals surface area contributed by atoms with Crippen molar-refractivity contribution >= 4 is 5.82 Å². The topological polar surface area (TPSA) is 105 Å². The summed E-state index contributed by atoms with van der Waals surface area (Å²) in [5, 5.41) is 29.5. The molecule has 2 aromatic heterocycles. The molecule has 0 aliphatic carbocycles. The Balaban J connectivity index is 1.34. The van der Waals surface area contributed by atoms with Gasteiger partial charge in [0, 0.05) is 41.9 Å². The van der Waals surface area contributed by atoms with Crippen molar-refractivity contribution in [3.05, 3.63) is 52.5 Å². The van der Waals surface area contributed by atoms with Gasteiger partial charge in [-0.05, 0) is 63.6 Å². The minimum absolute atomic E-state index is 0.00182. The highest BCUT2D eigenvalue weighted by Crippen LogP contribution is 2.44. The van der Waals surface area contributed by atoms with Crippen LogP contribution in [0.2, 0.25) is 0 Å². The third-order valence-corrected chi connectivity index (χ3v) is 7.27. The van der Waals surface area contributed by atoms with E-state index >= 15 is 0 Å². The Bertz CT molecular complexity index is 1330. The Hall–Kier alpha value is -3.40. The number of rotatable bonds is 5. The average Bonchev–Trinajstić information content (AvgIpc) is 3.04. The smallest absolute Gasteiger partial charge is 0.267 e. The summed E-state index contributed by atoms with van der Waals surface area (Å²) in [6.07, 6.45) is 5.74. The molecule has 10 heteroatoms. The molecule has 0 radical (unpaired) electrons. The summed E-state index contributed by atoms with van der Waals surface area (Å²) in [7, 11) is 1.44. The third-order valence-electron chi connectivity index (χ3n) is 7.27. The lowest BCUT2D eigenvalue weighted by atomic mass is 9.80. The van der Waals surface area contributed by atoms with Gasteiger partial charge in [0.05, 0.1) is 17.5 Å². The fourth-order valence-corrected chi connectivity index (χ4v) is 5.69. The van der Waals surface area contributed by atoms with Gasteiger partial charge in [-0.15, -0.1) is 10.2 Å². The number of halogens is 2. The highest BCUT2D eigenvalue weighted by atomic mass is 19.2. The quantitative estimate of drug-likeness (QED) is 0.510. The molecule has 8 nitrogen and oxygen atoms in total. The molecule has 184 valence electrons. The Morgan fingerprint density at radius 1 is 1.14 bits per heavy atom. The zero-order valence-corrected chi connectivity index (χ0v) is 19.9. The van der Waals surface area contributed by atoms with E-state index in [1.54, 1.807) is 6.07 Å². The maximum atomic E-state index is 15.0. The summed E-state index contributed by atoms with van der Waals surface area (Å²) in [4.78, 5) is 11.8. The molecule has 3 aromatic rings. The Morgan fingerprint density at radius 2 is 1.86 bits per heavy atom. The van der Waals surface area contributed by atoms with E-state index < -0.39 is 28.5 Å². The molecule has 35 heavy (non-hydrogen) atoms. The number of fused-ring (bicyclic) bond motifs is 2. The number of hydrogen-bond acceptors (Lipinski definition) is 7. The Kier molecular flexibility index (Phi) is 5.58. The van der Waals surface area contributed by atoms with E-state index in [9.17, 15) is 18.7 Å². The monoisotopic (exact) mass is 482 g/mol. The van der Waals surface area contributed by atoms with Gasteiger partial charge in [-0.1, -0.05) is 0 Å². The van der Waals surface area contributed by atoms with Gasteiger partial charge in [-0.3, -0.25) is 4.79 Å². The molecule has 3 N–H and O–H groups in total. The number of piperidine rings is 1. The van der Waals surface area contributed by atoms with E-state index in [0.717, 1.165) is 36.2 Å². The van der Waals surface area contributed by atoms with Crippen LogP contribution in [0.1, 0.15) is 39.5 Å². The van der Waals surface area contributed by atoms with Crippen LogP contribution in [0.4, 0.5) is 14.6 Å². The maximum absolute atomic E-state index is 15.0. The van der Waals surface area contributed by atoms with Gasteiger partial charge in [0.25, 0.3) is 5.56 Å². The molecule has 2 atom stereocenters. The molecule has 2 aliphatic rings. The number of hydrogen-bond donors (Lipinski definition) is 3. The highest BCUT2D eigenvalue weighted by molar-refractivity contribution is 5.75. The Labute approximate surface area is 201 Å². The van der Waals surface area contributed by atoms with Crippen LogP contribution in [0.15, 0.2) is 35.3 Å². The predicted octanol–water partition coefficient (Wildman–Crippen LogP) is 3.61. The SMILES string of the molecule is Cn1ncc(-c2cc(O)c(-c3ccc(NCC4CC5(C)CCC(C)(C4)N5)nn3)c(F)c2F)cc1=O. The third kappa shape index (κ3) is 4.38. The van der Waals surface area contributed by atoms with Crippen LogP contribution in [-0.2, 0) is 7.05 Å². The van der Waals surface area contributed by atoms with Crippen molar-refractivity contribution in [2.75, 3.05) is 11.9 Å². The number of nitrogens with zero attached hydrogens (tertiary/aromatic N) is 4. The van der Waals surface area contributed by atoms with Crippen LogP contribution in [0.5, 0.6) is 5.75 Å². The zero-order valence-electron chi connectivity index (χ0n) is 19.9. The van der Waals surface area contributed by atoms with Crippen molar-refractivity contribution in [1.82, 2.24) is 25.3 Å². The maximum Gasteiger partial charge on any atom is 0.267 e. The van der Waals surface area contributed by atoms with Crippen LogP contribution in [0.3, 0.4) is 0 Å². The standard InChI is InChI=1S/C25H28F2N6O2/c1-24-6-7-25(2,32-24)11-14(10-24)12-28-19-5-4-17(30-31-19)21-18(34)9-16(22(26)23(21)27)15-8-20(35)33(3)29-13-15/h4-5,8-9,13-14,32,34H,6-7,10-12H2,1-3H3,(H,28,31). The molecule has 2 unspecified atom stereocenters. The number of anilines is 1. The Morgan fingerprint density at radius 3 is 2.49 bits per heavy atom. The summed E-state index contributed by atoms with van der Waals surface area (Å²) in [6.45, 7) is 5.30. The van der Waals surface area contributed by atoms with E-state index in [1.807, 2.05) is 0 Å². The molecule has 2 fully saturated rings. The van der Waals surface area contributed by atoms with Crippen LogP contribution in [0, 0.1) is 17.6 Å². The first-order valence-corrected chi connectivity index (χ1v) is 11.7. The van der Waals surface area contributed by atoms with E-state index in [0.29, 0.717) is 11.7 Å². The second kappa shape index (κ2) is 8.37. The first-order valence-electron chi connectivity index (χ1n) is 11.7. The van der Waals surface area contributed by atoms with Gasteiger partial charge in [0.15, 0.2) is 11.6 Å². The van der Waals surface area contributed by atoms with E-state index in [4.69, 9.17) is 0 Å². The number of aromatic hydroxyl groups is 1. The first-order chi connectivity index (χ1) is 16.6. The molecule has 0 amide bonds. The first kappa shape index (κ1) is 23.3. The molecule has 0 saturated carbocycles. The van der Waals surface area contributed by atoms with Crippen LogP contribution in [-0.4, -0.2) is 42.7 Å². The summed E-state index contributed by atoms with van der Waals surface area (Å²) in [5.74, 6) is -1.98. The molecule has 2 bridgehead atoms. The van der Waals surface area contributed by atoms with Crippen LogP contribution in [0.25, 0.3) is 22.4 Å². The highest BCUT2D eigenvalue weighted by Gasteiger charge is 2.48. The minimum atomic E-state index is -1.28. The number of phenols is 1. The van der Waals surface area contributed by atoms with Gasteiger partial charge < -0.3 is 15.7 Å². The molecule has 2 aliphatic heterocycles. The summed E-state index contributed by atoms with van der Waals surface area (Å²) < 4.78 is 30.9. The van der Waals surface area contributed by atoms with Crippen molar-refractivity contribution in [1.29, 1.82) is 0 Å². The number of aromatic nitrogens is 4. The summed E-state index contributed by atoms with van der Waals surface area (Å²) in [5.41, 5.74) is -0.744. The minimum Gasteiger partial charge on any atom is -0.507 e. The van der Waals surface area contributed by atoms with Crippen molar-refractivity contribution in [3.8, 4) is 28.1 Å². The van der Waals surface area contributed by atoms with Gasteiger partial charge in [-0.2, -0.15) is 5.10 Å². The number of phenolic OH excluding ortho intramolecular Hbond substituents is 1. The van der Waals surface area contributed by atoms with Crippen LogP contribution >= 0.6 is 0 Å². The van der Waals surface area contributed by atoms with E-state index in [-0.39, 0.29) is 27.9 Å². The zero-order chi connectivity index (χ0) is 25.0. The normalized spacial score (nSPS) is 25.6. The molecule has 0 spiro atoms. The molecular weight excluding hydrogens is 454 g/mol. The molecule has 4 heterocycles. The number of nitrogens with one attached hydrogen (secondary N) is 2. The second-order valence-electron chi connectivity index (χ2n) is 10.4. The van der Waals surface area contributed by atoms with Gasteiger partial charge in [0.2, 0.25) is 0 Å². The fraction of sp³-hybridized carbons (Fsp3) is 0.440. The molecule has 1 aromatic carbocycles. The van der Waals surface area contributed by atoms with Crippen molar-refractivity contribution < 1.29 is 13.9 Å². The fourth-order valence-electron chi connectivity index (χ4n) is 5.69. The van der Waals surface area contributed by atoms with E-state index in [1.165, 1.54) is 32.2 Å². The number of benzene rings is 1. The second-order valence-corrected chi connectivity index (χ2v) is 10.4. The van der Waals surface area contributed by atoms with Crippen molar-refractivity contribution in [2.45, 2.75) is 50.6 Å². The molecular formula is C25H28F2N6O2. The lowest BCUT2D eigenvalue weighted by Gasteiger charge is -2.42. The van der Waals surface area contributed by atoms with E-state index in [2.05, 4.69) is 39.8 Å². The van der Waals surface area contributed by atoms with Crippen molar-refractivity contribution in [3.63, 3.8) is 0 Å². The summed E-state index contributed by atoms with van der Waals surface area (Å²) >= 11 is 0. The molecule has 5 rings (SSSR count). The predicted molar refractivity (Wildman–Crippen MR) is 128 cm³/mol. The largest absolute Gasteiger partial charge is 0.507 e. The number of aryl methyl sites for hydroxylation is 1. The average molecular weight is 483 g/mol. The summed E-state index contributed by atoms with van der Waals surface area (Å²) in [6, 6.07) is 5.31. The van der Waals surface area contributed by atoms with Gasteiger partial charge in [0.1, 0.15) is 11.6 Å². The van der Waals surface area contributed by atoms with Gasteiger partial charge >= 0.3 is 0 Å². The van der Waals surface area contributed by atoms with Gasteiger partial charge in [-0.25, -0.2) is 13.5 Å². The van der Waals surface area contributed by atoms with Crippen LogP contribution < -0.4 is 16.2 Å². The molecule has 2 saturated heterocycles. The lowest BCUT2D eigenvalue weighted by molar-refractivity contribution is 0.178.